The van der Waals surface area contributed by atoms with E-state index in [2.05, 4.69) is 98.9 Å². The first kappa shape index (κ1) is 57.5. The Balaban J connectivity index is 4.44. The van der Waals surface area contributed by atoms with Crippen LogP contribution < -0.4 is 5.11 Å². The van der Waals surface area contributed by atoms with Gasteiger partial charge in [0.2, 0.25) is 0 Å². The van der Waals surface area contributed by atoms with Crippen molar-refractivity contribution in [3.63, 3.8) is 0 Å². The first-order chi connectivity index (χ1) is 29.6. The van der Waals surface area contributed by atoms with Crippen LogP contribution in [-0.2, 0) is 33.3 Å². The molecule has 0 N–H and O–H groups in total. The van der Waals surface area contributed by atoms with Gasteiger partial charge in [0.05, 0.1) is 40.3 Å². The van der Waals surface area contributed by atoms with Crippen molar-refractivity contribution in [3.8, 4) is 0 Å². The molecule has 0 heterocycles. The first-order valence-electron chi connectivity index (χ1n) is 23.7. The van der Waals surface area contributed by atoms with Crippen molar-refractivity contribution in [3.05, 3.63) is 85.1 Å². The smallest absolute Gasteiger partial charge is 0.306 e. The molecule has 0 radical (unpaired) electrons. The van der Waals surface area contributed by atoms with Gasteiger partial charge in [-0.1, -0.05) is 170 Å². The van der Waals surface area contributed by atoms with Gasteiger partial charge in [-0.05, 0) is 70.6 Å². The minimum absolute atomic E-state index is 0.137. The fourth-order valence-corrected chi connectivity index (χ4v) is 5.98. The predicted octanol–water partition coefficient (Wildman–Crippen LogP) is 11.6. The number of aliphatic carboxylic acids is 1. The van der Waals surface area contributed by atoms with Gasteiger partial charge in [0.1, 0.15) is 13.2 Å². The summed E-state index contributed by atoms with van der Waals surface area (Å²) >= 11 is 0. The number of hydrogen-bond donors (Lipinski definition) is 0. The predicted molar refractivity (Wildman–Crippen MR) is 251 cm³/mol. The van der Waals surface area contributed by atoms with E-state index >= 15 is 0 Å². The van der Waals surface area contributed by atoms with Crippen LogP contribution in [-0.4, -0.2) is 82.3 Å². The van der Waals surface area contributed by atoms with Crippen LogP contribution in [0.5, 0.6) is 0 Å². The molecule has 0 saturated heterocycles. The second-order valence-corrected chi connectivity index (χ2v) is 16.7. The molecule has 0 aliphatic rings. The summed E-state index contributed by atoms with van der Waals surface area (Å²) in [5.74, 6) is -2.34. The Bertz CT molecular complexity index is 1270. The highest BCUT2D eigenvalue weighted by Crippen LogP contribution is 2.13. The lowest BCUT2D eigenvalue weighted by atomic mass is 10.1. The molecule has 0 spiro atoms. The largest absolute Gasteiger partial charge is 0.545 e. The monoisotopic (exact) mass is 854 g/mol. The Morgan fingerprint density at radius 1 is 0.508 bits per heavy atom. The van der Waals surface area contributed by atoms with Crippen LogP contribution >= 0.6 is 0 Å². The second-order valence-electron chi connectivity index (χ2n) is 16.7. The van der Waals surface area contributed by atoms with E-state index < -0.39 is 24.3 Å². The summed E-state index contributed by atoms with van der Waals surface area (Å²) in [6, 6.07) is 0. The highest BCUT2D eigenvalue weighted by Gasteiger charge is 2.21. The summed E-state index contributed by atoms with van der Waals surface area (Å²) in [6.45, 7) is 4.55. The number of rotatable bonds is 42. The van der Waals surface area contributed by atoms with E-state index in [1.807, 2.05) is 21.1 Å². The van der Waals surface area contributed by atoms with Crippen LogP contribution in [0.25, 0.3) is 0 Å². The summed E-state index contributed by atoms with van der Waals surface area (Å²) in [7, 11) is 5.89. The molecule has 0 aliphatic carbocycles. The van der Waals surface area contributed by atoms with Gasteiger partial charge in [-0.15, -0.1) is 0 Å². The molecule has 61 heavy (non-hydrogen) atoms. The fourth-order valence-electron chi connectivity index (χ4n) is 5.98. The number of likely N-dealkylation sites (N-methyl/N-ethyl adjacent to an activating group) is 1. The third kappa shape index (κ3) is 44.3. The number of carboxylic acids is 1. The number of carbonyl (C=O) groups excluding carboxylic acids is 3. The Morgan fingerprint density at radius 2 is 0.934 bits per heavy atom. The number of nitrogens with zero attached hydrogens (tertiary/aromatic N) is 1. The van der Waals surface area contributed by atoms with Gasteiger partial charge in [-0.2, -0.15) is 0 Å². The van der Waals surface area contributed by atoms with Crippen LogP contribution in [0.15, 0.2) is 85.1 Å². The maximum atomic E-state index is 12.8. The van der Waals surface area contributed by atoms with Gasteiger partial charge >= 0.3 is 11.9 Å². The minimum Gasteiger partial charge on any atom is -0.545 e. The Labute approximate surface area is 372 Å². The Hall–Kier alpha value is -3.53. The number of unbranched alkanes of at least 4 members (excludes halogenated alkanes) is 13. The molecule has 0 aliphatic heterocycles. The van der Waals surface area contributed by atoms with E-state index in [1.165, 1.54) is 51.4 Å². The average Bonchev–Trinajstić information content (AvgIpc) is 3.22. The molecule has 0 aromatic carbocycles. The van der Waals surface area contributed by atoms with E-state index in [-0.39, 0.29) is 38.6 Å². The molecule has 9 nitrogen and oxygen atoms in total. The van der Waals surface area contributed by atoms with Crippen molar-refractivity contribution in [2.24, 2.45) is 0 Å². The lowest BCUT2D eigenvalue weighted by Gasteiger charge is -2.26. The zero-order chi connectivity index (χ0) is 44.9. The fraction of sp³-hybridized carbons (Fsp3) is 0.673. The van der Waals surface area contributed by atoms with Gasteiger partial charge in [-0.25, -0.2) is 0 Å². The Kier molecular flexibility index (Phi) is 40.6. The third-order valence-electron chi connectivity index (χ3n) is 9.66. The van der Waals surface area contributed by atoms with Gasteiger partial charge in [0, 0.05) is 12.8 Å². The maximum absolute atomic E-state index is 12.8. The quantitative estimate of drug-likeness (QED) is 0.0196. The highest BCUT2D eigenvalue weighted by atomic mass is 16.7. The van der Waals surface area contributed by atoms with E-state index in [0.717, 1.165) is 83.5 Å². The lowest BCUT2D eigenvalue weighted by Crippen LogP contribution is -2.44. The summed E-state index contributed by atoms with van der Waals surface area (Å²) < 4.78 is 22.5. The summed E-state index contributed by atoms with van der Waals surface area (Å²) in [6.07, 6.45) is 51.9. The van der Waals surface area contributed by atoms with Crippen molar-refractivity contribution < 1.29 is 42.9 Å². The number of esters is 2. The van der Waals surface area contributed by atoms with E-state index in [1.54, 1.807) is 0 Å². The molecule has 0 rings (SSSR count). The third-order valence-corrected chi connectivity index (χ3v) is 9.66. The van der Waals surface area contributed by atoms with Crippen LogP contribution in [0.3, 0.4) is 0 Å². The molecule has 0 saturated carbocycles. The lowest BCUT2D eigenvalue weighted by molar-refractivity contribution is -0.870. The molecule has 0 fully saturated rings. The van der Waals surface area contributed by atoms with Crippen molar-refractivity contribution in [2.75, 3.05) is 47.5 Å². The number of hydrogen-bond acceptors (Lipinski definition) is 8. The molecule has 348 valence electrons. The normalized spacial score (nSPS) is 13.7. The summed E-state index contributed by atoms with van der Waals surface area (Å²) in [4.78, 5) is 37.0. The highest BCUT2D eigenvalue weighted by molar-refractivity contribution is 5.70. The van der Waals surface area contributed by atoms with E-state index in [9.17, 15) is 19.5 Å². The van der Waals surface area contributed by atoms with Crippen molar-refractivity contribution in [1.29, 1.82) is 0 Å². The Morgan fingerprint density at radius 3 is 1.39 bits per heavy atom. The van der Waals surface area contributed by atoms with Gasteiger partial charge in [-0.3, -0.25) is 9.59 Å². The number of quaternary nitrogens is 1. The van der Waals surface area contributed by atoms with Gasteiger partial charge in [0.15, 0.2) is 12.4 Å². The van der Waals surface area contributed by atoms with Crippen molar-refractivity contribution in [2.45, 2.75) is 180 Å². The maximum Gasteiger partial charge on any atom is 0.306 e. The molecule has 0 amide bonds. The molecular formula is C52H87NO8. The number of allylic oxidation sites excluding steroid dienone is 14. The van der Waals surface area contributed by atoms with Crippen LogP contribution in [0.4, 0.5) is 0 Å². The van der Waals surface area contributed by atoms with Crippen molar-refractivity contribution >= 4 is 17.9 Å². The van der Waals surface area contributed by atoms with E-state index in [0.29, 0.717) is 17.4 Å². The minimum atomic E-state index is -1.63. The standard InChI is InChI=1S/C52H87NO8/c1-6-8-10-12-14-16-18-19-20-21-22-23-24-25-26-27-28-29-30-31-33-35-37-39-41-43-50(55)61-48(47-60-52(51(56)57)58-45-44-53(3,4)5)46-59-49(54)42-40-38-36-34-32-17-15-13-11-9-7-2/h8,10,14,16,19-20,22-23,25-26,28-29,31,33,48,52H,6-7,9,11-13,15,17-18,21,24,27,30,32,34-47H2,1-5H3/b10-8-,16-14-,20-19-,23-22-,26-25-,29-28-,33-31-. The van der Waals surface area contributed by atoms with Crippen LogP contribution in [0, 0.1) is 0 Å². The summed E-state index contributed by atoms with van der Waals surface area (Å²) in [5.41, 5.74) is 0. The molecule has 9 heteroatoms. The summed E-state index contributed by atoms with van der Waals surface area (Å²) in [5, 5.41) is 11.7. The SMILES string of the molecule is CC/C=C\C/C=C\C/C=C\C/C=C\C/C=C\C/C=C\C/C=C\CCCCCC(=O)OC(COC(=O)CCCCCCCCCCCCC)COC(OCC[N+](C)(C)C)C(=O)[O-]. The van der Waals surface area contributed by atoms with Gasteiger partial charge < -0.3 is 33.3 Å². The van der Waals surface area contributed by atoms with Crippen LogP contribution in [0.1, 0.15) is 168 Å². The molecule has 0 aromatic heterocycles. The number of carbonyl (C=O) groups is 3. The molecule has 0 aromatic rings. The zero-order valence-electron chi connectivity index (χ0n) is 39.2. The first-order valence-corrected chi connectivity index (χ1v) is 23.7. The molecule has 2 unspecified atom stereocenters. The average molecular weight is 854 g/mol. The topological polar surface area (TPSA) is 111 Å². The number of ether oxygens (including phenoxy) is 4. The molecule has 0 bridgehead atoms. The number of carboxylic acid groups (broad SMARTS) is 1. The molecule has 2 atom stereocenters. The van der Waals surface area contributed by atoms with Crippen molar-refractivity contribution in [1.82, 2.24) is 0 Å². The van der Waals surface area contributed by atoms with E-state index in [4.69, 9.17) is 18.9 Å². The molecular weight excluding hydrogens is 767 g/mol. The van der Waals surface area contributed by atoms with Gasteiger partial charge in [0.25, 0.3) is 0 Å². The second kappa shape index (κ2) is 43.1. The zero-order valence-corrected chi connectivity index (χ0v) is 39.2. The van der Waals surface area contributed by atoms with Crippen LogP contribution in [0.2, 0.25) is 0 Å².